The number of hydrogen-bond donors (Lipinski definition) is 0. The van der Waals surface area contributed by atoms with Crippen molar-refractivity contribution in [1.29, 1.82) is 0 Å². The predicted octanol–water partition coefficient (Wildman–Crippen LogP) is 1.56. The predicted molar refractivity (Wildman–Crippen MR) is 55.5 cm³/mol. The molecular weight excluding hydrogens is 176 g/mol. The third kappa shape index (κ3) is 1.82. The van der Waals surface area contributed by atoms with E-state index in [9.17, 15) is 4.79 Å². The van der Waals surface area contributed by atoms with E-state index in [0.29, 0.717) is 0 Å². The summed E-state index contributed by atoms with van der Waals surface area (Å²) in [5, 5.41) is 0. The minimum atomic E-state index is 0.0362. The Morgan fingerprint density at radius 1 is 1.29 bits per heavy atom. The Hall–Kier alpha value is -1.64. The molecule has 3 heteroatoms. The van der Waals surface area contributed by atoms with Crippen molar-refractivity contribution in [3.05, 3.63) is 35.9 Å². The molecule has 0 fully saturated rings. The van der Waals surface area contributed by atoms with Gasteiger partial charge in [-0.05, 0) is 18.6 Å². The molecule has 14 heavy (non-hydrogen) atoms. The molecule has 2 rings (SSSR count). The first-order chi connectivity index (χ1) is 6.88. The first kappa shape index (κ1) is 8.94. The van der Waals surface area contributed by atoms with Gasteiger partial charge in [-0.1, -0.05) is 18.2 Å². The van der Waals surface area contributed by atoms with Crippen molar-refractivity contribution < 1.29 is 4.79 Å². The lowest BCUT2D eigenvalue weighted by atomic mass is 10.2. The molecule has 0 spiro atoms. The zero-order valence-electron chi connectivity index (χ0n) is 7.89. The SMILES string of the molecule is O=C(c1ccccc1)N1C=NCCC1. The van der Waals surface area contributed by atoms with Gasteiger partial charge in [0, 0.05) is 18.7 Å². The maximum absolute atomic E-state index is 11.8. The summed E-state index contributed by atoms with van der Waals surface area (Å²) < 4.78 is 0. The summed E-state index contributed by atoms with van der Waals surface area (Å²) in [7, 11) is 0. The normalized spacial score (nSPS) is 15.6. The lowest BCUT2D eigenvalue weighted by molar-refractivity contribution is 0.0847. The van der Waals surface area contributed by atoms with Crippen LogP contribution in [0.5, 0.6) is 0 Å². The highest BCUT2D eigenvalue weighted by atomic mass is 16.2. The zero-order valence-corrected chi connectivity index (χ0v) is 7.89. The fraction of sp³-hybridized carbons (Fsp3) is 0.273. The smallest absolute Gasteiger partial charge is 0.258 e. The highest BCUT2D eigenvalue weighted by Crippen LogP contribution is 2.05. The molecule has 1 aromatic carbocycles. The summed E-state index contributed by atoms with van der Waals surface area (Å²) in [4.78, 5) is 17.6. The number of carbonyl (C=O) groups excluding carboxylic acids is 1. The van der Waals surface area contributed by atoms with Crippen LogP contribution in [0.3, 0.4) is 0 Å². The molecule has 0 atom stereocenters. The van der Waals surface area contributed by atoms with E-state index in [-0.39, 0.29) is 5.91 Å². The molecule has 3 nitrogen and oxygen atoms in total. The maximum atomic E-state index is 11.8. The molecule has 0 saturated carbocycles. The van der Waals surface area contributed by atoms with Crippen LogP contribution in [0.4, 0.5) is 0 Å². The van der Waals surface area contributed by atoms with Crippen molar-refractivity contribution in [3.63, 3.8) is 0 Å². The number of nitrogens with zero attached hydrogens (tertiary/aromatic N) is 2. The Morgan fingerprint density at radius 2 is 2.07 bits per heavy atom. The van der Waals surface area contributed by atoms with Gasteiger partial charge in [0.2, 0.25) is 0 Å². The van der Waals surface area contributed by atoms with Gasteiger partial charge in [-0.25, -0.2) is 0 Å². The molecule has 0 radical (unpaired) electrons. The Labute approximate surface area is 83.1 Å². The van der Waals surface area contributed by atoms with Gasteiger partial charge in [-0.2, -0.15) is 0 Å². The number of benzene rings is 1. The average molecular weight is 188 g/mol. The van der Waals surface area contributed by atoms with E-state index in [4.69, 9.17) is 0 Å². The monoisotopic (exact) mass is 188 g/mol. The van der Waals surface area contributed by atoms with E-state index in [1.165, 1.54) is 0 Å². The van der Waals surface area contributed by atoms with Crippen molar-refractivity contribution in [2.45, 2.75) is 6.42 Å². The van der Waals surface area contributed by atoms with Crippen molar-refractivity contribution in [2.75, 3.05) is 13.1 Å². The van der Waals surface area contributed by atoms with Crippen LogP contribution in [0.1, 0.15) is 16.8 Å². The van der Waals surface area contributed by atoms with Gasteiger partial charge in [0.05, 0.1) is 6.34 Å². The molecule has 0 saturated heterocycles. The molecule has 72 valence electrons. The van der Waals surface area contributed by atoms with Crippen molar-refractivity contribution in [2.24, 2.45) is 4.99 Å². The van der Waals surface area contributed by atoms with Crippen LogP contribution in [0, 0.1) is 0 Å². The molecule has 1 aromatic rings. The second kappa shape index (κ2) is 4.05. The molecule has 0 aromatic heterocycles. The summed E-state index contributed by atoms with van der Waals surface area (Å²) in [6.07, 6.45) is 2.59. The second-order valence-electron chi connectivity index (χ2n) is 3.24. The third-order valence-electron chi connectivity index (χ3n) is 2.19. The number of amides is 1. The number of hydrogen-bond acceptors (Lipinski definition) is 2. The van der Waals surface area contributed by atoms with Crippen LogP contribution in [0.25, 0.3) is 0 Å². The quantitative estimate of drug-likeness (QED) is 0.658. The van der Waals surface area contributed by atoms with Gasteiger partial charge < -0.3 is 0 Å². The van der Waals surface area contributed by atoms with E-state index in [0.717, 1.165) is 25.1 Å². The zero-order chi connectivity index (χ0) is 9.80. The summed E-state index contributed by atoms with van der Waals surface area (Å²) in [6, 6.07) is 9.29. The molecule has 0 bridgehead atoms. The highest BCUT2D eigenvalue weighted by molar-refractivity contribution is 6.00. The van der Waals surface area contributed by atoms with Crippen LogP contribution in [0.15, 0.2) is 35.3 Å². The molecule has 0 unspecified atom stereocenters. The number of rotatable bonds is 1. The van der Waals surface area contributed by atoms with Crippen LogP contribution in [-0.2, 0) is 0 Å². The Balaban J connectivity index is 2.16. The minimum Gasteiger partial charge on any atom is -0.299 e. The first-order valence-electron chi connectivity index (χ1n) is 4.74. The van der Waals surface area contributed by atoms with Crippen molar-refractivity contribution in [1.82, 2.24) is 4.90 Å². The topological polar surface area (TPSA) is 32.7 Å². The van der Waals surface area contributed by atoms with Gasteiger partial charge >= 0.3 is 0 Å². The minimum absolute atomic E-state index is 0.0362. The van der Waals surface area contributed by atoms with E-state index in [1.807, 2.05) is 30.3 Å². The van der Waals surface area contributed by atoms with Crippen LogP contribution < -0.4 is 0 Å². The maximum Gasteiger partial charge on any atom is 0.258 e. The van der Waals surface area contributed by atoms with Gasteiger partial charge in [0.15, 0.2) is 0 Å². The van der Waals surface area contributed by atoms with Crippen LogP contribution in [0.2, 0.25) is 0 Å². The molecule has 0 aliphatic carbocycles. The molecule has 1 heterocycles. The third-order valence-corrected chi connectivity index (χ3v) is 2.19. The fourth-order valence-electron chi connectivity index (χ4n) is 1.45. The molecule has 1 aliphatic heterocycles. The summed E-state index contributed by atoms with van der Waals surface area (Å²) in [5.41, 5.74) is 0.723. The van der Waals surface area contributed by atoms with E-state index >= 15 is 0 Å². The summed E-state index contributed by atoms with van der Waals surface area (Å²) in [5.74, 6) is 0.0362. The van der Waals surface area contributed by atoms with E-state index in [1.54, 1.807) is 11.2 Å². The fourth-order valence-corrected chi connectivity index (χ4v) is 1.45. The summed E-state index contributed by atoms with van der Waals surface area (Å²) in [6.45, 7) is 1.61. The van der Waals surface area contributed by atoms with Gasteiger partial charge in [0.1, 0.15) is 0 Å². The Bertz CT molecular complexity index is 346. The van der Waals surface area contributed by atoms with Gasteiger partial charge in [-0.3, -0.25) is 14.7 Å². The first-order valence-corrected chi connectivity index (χ1v) is 4.74. The van der Waals surface area contributed by atoms with Crippen LogP contribution in [-0.4, -0.2) is 30.2 Å². The van der Waals surface area contributed by atoms with Gasteiger partial charge in [0.25, 0.3) is 5.91 Å². The average Bonchev–Trinajstić information content (AvgIpc) is 2.30. The lowest BCUT2D eigenvalue weighted by Crippen LogP contribution is -2.33. The number of carbonyl (C=O) groups is 1. The molecule has 1 amide bonds. The highest BCUT2D eigenvalue weighted by Gasteiger charge is 2.14. The van der Waals surface area contributed by atoms with Crippen molar-refractivity contribution in [3.8, 4) is 0 Å². The van der Waals surface area contributed by atoms with Gasteiger partial charge in [-0.15, -0.1) is 0 Å². The molecule has 0 N–H and O–H groups in total. The number of aliphatic imine (C=N–C) groups is 1. The Morgan fingerprint density at radius 3 is 2.71 bits per heavy atom. The molecule has 1 aliphatic rings. The summed E-state index contributed by atoms with van der Waals surface area (Å²) >= 11 is 0. The lowest BCUT2D eigenvalue weighted by Gasteiger charge is -2.20. The standard InChI is InChI=1S/C11H12N2O/c14-11(10-5-2-1-3-6-10)13-8-4-7-12-9-13/h1-3,5-6,9H,4,7-8H2. The largest absolute Gasteiger partial charge is 0.299 e. The van der Waals surface area contributed by atoms with Crippen molar-refractivity contribution >= 4 is 12.2 Å². The van der Waals surface area contributed by atoms with E-state index < -0.39 is 0 Å². The molecular formula is C11H12N2O. The van der Waals surface area contributed by atoms with E-state index in [2.05, 4.69) is 4.99 Å². The second-order valence-corrected chi connectivity index (χ2v) is 3.24. The van der Waals surface area contributed by atoms with Crippen LogP contribution >= 0.6 is 0 Å². The Kier molecular flexibility index (Phi) is 2.58.